The van der Waals surface area contributed by atoms with Gasteiger partial charge in [-0.2, -0.15) is 0 Å². The summed E-state index contributed by atoms with van der Waals surface area (Å²) in [5.74, 6) is -3.57. The highest BCUT2D eigenvalue weighted by atomic mass is 19.2. The predicted molar refractivity (Wildman–Crippen MR) is 62.1 cm³/mol. The van der Waals surface area contributed by atoms with Crippen molar-refractivity contribution in [2.24, 2.45) is 5.41 Å². The summed E-state index contributed by atoms with van der Waals surface area (Å²) in [6, 6.07) is 3.34. The van der Waals surface area contributed by atoms with E-state index < -0.39 is 28.9 Å². The highest BCUT2D eigenvalue weighted by Gasteiger charge is 2.58. The minimum atomic E-state index is -1.31. The molecule has 1 aromatic rings. The number of carbonyl (C=O) groups is 2. The van der Waals surface area contributed by atoms with E-state index in [4.69, 9.17) is 5.11 Å². The SMILES string of the molecule is CN(Cc1ccc(F)c(F)c1)C(=O)C1(C(=O)O)CC1. The molecule has 1 aliphatic rings. The molecule has 1 saturated carbocycles. The van der Waals surface area contributed by atoms with E-state index in [9.17, 15) is 18.4 Å². The van der Waals surface area contributed by atoms with Crippen molar-refractivity contribution in [1.29, 1.82) is 0 Å². The van der Waals surface area contributed by atoms with Crippen molar-refractivity contribution in [3.05, 3.63) is 35.4 Å². The molecule has 6 heteroatoms. The number of hydrogen-bond acceptors (Lipinski definition) is 2. The van der Waals surface area contributed by atoms with Crippen LogP contribution in [0.1, 0.15) is 18.4 Å². The Morgan fingerprint density at radius 1 is 1.32 bits per heavy atom. The van der Waals surface area contributed by atoms with Crippen LogP contribution in [0.25, 0.3) is 0 Å². The number of nitrogens with zero attached hydrogens (tertiary/aromatic N) is 1. The summed E-state index contributed by atoms with van der Waals surface area (Å²) in [7, 11) is 1.45. The lowest BCUT2D eigenvalue weighted by Gasteiger charge is -2.21. The number of carboxylic acids is 1. The third-order valence-corrected chi connectivity index (χ3v) is 3.32. The summed E-state index contributed by atoms with van der Waals surface area (Å²) in [6.45, 7) is 0.0467. The Morgan fingerprint density at radius 2 is 1.95 bits per heavy atom. The van der Waals surface area contributed by atoms with Gasteiger partial charge >= 0.3 is 5.97 Å². The maximum atomic E-state index is 13.0. The number of carbonyl (C=O) groups excluding carboxylic acids is 1. The first kappa shape index (κ1) is 13.5. The van der Waals surface area contributed by atoms with Crippen LogP contribution in [0, 0.1) is 17.0 Å². The van der Waals surface area contributed by atoms with Crippen molar-refractivity contribution in [1.82, 2.24) is 4.90 Å². The molecule has 0 unspecified atom stereocenters. The molecule has 4 nitrogen and oxygen atoms in total. The van der Waals surface area contributed by atoms with Gasteiger partial charge in [0.1, 0.15) is 5.41 Å². The third kappa shape index (κ3) is 2.43. The predicted octanol–water partition coefficient (Wildman–Crippen LogP) is 1.79. The average molecular weight is 269 g/mol. The molecule has 0 radical (unpaired) electrons. The second-order valence-electron chi connectivity index (χ2n) is 4.80. The molecule has 102 valence electrons. The van der Waals surface area contributed by atoms with E-state index in [0.717, 1.165) is 12.1 Å². The summed E-state index contributed by atoms with van der Waals surface area (Å²) in [4.78, 5) is 24.3. The summed E-state index contributed by atoms with van der Waals surface area (Å²) in [5, 5.41) is 9.01. The van der Waals surface area contributed by atoms with Crippen molar-refractivity contribution in [2.75, 3.05) is 7.05 Å². The molecule has 0 spiro atoms. The fourth-order valence-electron chi connectivity index (χ4n) is 1.99. The molecule has 1 aliphatic carbocycles. The molecule has 0 heterocycles. The van der Waals surface area contributed by atoms with E-state index >= 15 is 0 Å². The fourth-order valence-corrected chi connectivity index (χ4v) is 1.99. The van der Waals surface area contributed by atoms with Crippen LogP contribution in [0.3, 0.4) is 0 Å². The first-order valence-electron chi connectivity index (χ1n) is 5.80. The molecule has 19 heavy (non-hydrogen) atoms. The van der Waals surface area contributed by atoms with E-state index in [-0.39, 0.29) is 6.54 Å². The van der Waals surface area contributed by atoms with Crippen molar-refractivity contribution < 1.29 is 23.5 Å². The maximum Gasteiger partial charge on any atom is 0.319 e. The van der Waals surface area contributed by atoms with E-state index in [1.54, 1.807) is 0 Å². The second kappa shape index (κ2) is 4.60. The Balaban J connectivity index is 2.09. The number of aliphatic carboxylic acids is 1. The quantitative estimate of drug-likeness (QED) is 0.848. The van der Waals surface area contributed by atoms with Crippen molar-refractivity contribution in [3.8, 4) is 0 Å². The summed E-state index contributed by atoms with van der Waals surface area (Å²) in [6.07, 6.45) is 0.645. The number of carboxylic acid groups (broad SMARTS) is 1. The van der Waals surface area contributed by atoms with Crippen LogP contribution in [0.15, 0.2) is 18.2 Å². The molecular formula is C13H13F2NO3. The summed E-state index contributed by atoms with van der Waals surface area (Å²) in [5.41, 5.74) is -0.899. The van der Waals surface area contributed by atoms with Gasteiger partial charge in [-0.1, -0.05) is 6.07 Å². The number of benzene rings is 1. The van der Waals surface area contributed by atoms with Crippen molar-refractivity contribution in [3.63, 3.8) is 0 Å². The lowest BCUT2D eigenvalue weighted by atomic mass is 10.1. The molecule has 2 rings (SSSR count). The smallest absolute Gasteiger partial charge is 0.319 e. The molecule has 0 atom stereocenters. The Labute approximate surface area is 108 Å². The van der Waals surface area contributed by atoms with E-state index in [0.29, 0.717) is 18.4 Å². The second-order valence-corrected chi connectivity index (χ2v) is 4.80. The van der Waals surface area contributed by atoms with Crippen LogP contribution < -0.4 is 0 Å². The topological polar surface area (TPSA) is 57.6 Å². The molecule has 0 aromatic heterocycles. The number of hydrogen-bond donors (Lipinski definition) is 1. The first-order chi connectivity index (χ1) is 8.86. The highest BCUT2D eigenvalue weighted by molar-refractivity contribution is 6.04. The monoisotopic (exact) mass is 269 g/mol. The lowest BCUT2D eigenvalue weighted by Crippen LogP contribution is -2.38. The molecular weight excluding hydrogens is 256 g/mol. The Kier molecular flexibility index (Phi) is 3.26. The van der Waals surface area contributed by atoms with Gasteiger partial charge in [-0.05, 0) is 30.5 Å². The van der Waals surface area contributed by atoms with Gasteiger partial charge in [0, 0.05) is 13.6 Å². The molecule has 0 saturated heterocycles. The van der Waals surface area contributed by atoms with Gasteiger partial charge in [-0.25, -0.2) is 8.78 Å². The van der Waals surface area contributed by atoms with Crippen LogP contribution in [0.4, 0.5) is 8.78 Å². The van der Waals surface area contributed by atoms with Gasteiger partial charge in [0.15, 0.2) is 11.6 Å². The fraction of sp³-hybridized carbons (Fsp3) is 0.385. The normalized spacial score (nSPS) is 15.9. The first-order valence-corrected chi connectivity index (χ1v) is 5.80. The van der Waals surface area contributed by atoms with Crippen molar-refractivity contribution in [2.45, 2.75) is 19.4 Å². The van der Waals surface area contributed by atoms with E-state index in [2.05, 4.69) is 0 Å². The molecule has 0 bridgehead atoms. The van der Waals surface area contributed by atoms with Gasteiger partial charge < -0.3 is 10.0 Å². The van der Waals surface area contributed by atoms with Gasteiger partial charge in [-0.3, -0.25) is 9.59 Å². The molecule has 0 aliphatic heterocycles. The van der Waals surface area contributed by atoms with Crippen LogP contribution in [0.2, 0.25) is 0 Å². The van der Waals surface area contributed by atoms with E-state index in [1.165, 1.54) is 18.0 Å². The van der Waals surface area contributed by atoms with Crippen LogP contribution in [-0.4, -0.2) is 28.9 Å². The third-order valence-electron chi connectivity index (χ3n) is 3.32. The maximum absolute atomic E-state index is 13.0. The standard InChI is InChI=1S/C13H13F2NO3/c1-16(11(17)13(4-5-13)12(18)19)7-8-2-3-9(14)10(15)6-8/h2-3,6H,4-5,7H2,1H3,(H,18,19). The largest absolute Gasteiger partial charge is 0.480 e. The van der Waals surface area contributed by atoms with Gasteiger partial charge in [0.2, 0.25) is 5.91 Å². The van der Waals surface area contributed by atoms with Gasteiger partial charge in [0.25, 0.3) is 0 Å². The minimum absolute atomic E-state index is 0.0467. The van der Waals surface area contributed by atoms with E-state index in [1.807, 2.05) is 0 Å². The zero-order chi connectivity index (χ0) is 14.2. The van der Waals surface area contributed by atoms with Crippen LogP contribution >= 0.6 is 0 Å². The van der Waals surface area contributed by atoms with Crippen LogP contribution in [0.5, 0.6) is 0 Å². The Hall–Kier alpha value is -1.98. The highest BCUT2D eigenvalue weighted by Crippen LogP contribution is 2.47. The van der Waals surface area contributed by atoms with Crippen molar-refractivity contribution >= 4 is 11.9 Å². The zero-order valence-electron chi connectivity index (χ0n) is 10.3. The summed E-state index contributed by atoms with van der Waals surface area (Å²) < 4.78 is 25.8. The Bertz CT molecular complexity index is 541. The number of halogens is 2. The average Bonchev–Trinajstić information content (AvgIpc) is 3.14. The lowest BCUT2D eigenvalue weighted by molar-refractivity contribution is -0.153. The molecule has 1 fully saturated rings. The molecule has 1 amide bonds. The zero-order valence-corrected chi connectivity index (χ0v) is 10.3. The van der Waals surface area contributed by atoms with Gasteiger partial charge in [-0.15, -0.1) is 0 Å². The Morgan fingerprint density at radius 3 is 2.42 bits per heavy atom. The summed E-state index contributed by atoms with van der Waals surface area (Å²) >= 11 is 0. The molecule has 1 aromatic carbocycles. The van der Waals surface area contributed by atoms with Crippen LogP contribution in [-0.2, 0) is 16.1 Å². The number of rotatable bonds is 4. The molecule has 1 N–H and O–H groups in total. The van der Waals surface area contributed by atoms with Gasteiger partial charge in [0.05, 0.1) is 0 Å². The number of amides is 1. The minimum Gasteiger partial charge on any atom is -0.480 e.